The van der Waals surface area contributed by atoms with Gasteiger partial charge in [0, 0.05) is 11.5 Å². The third-order valence-corrected chi connectivity index (χ3v) is 4.78. The van der Waals surface area contributed by atoms with Gasteiger partial charge in [-0.3, -0.25) is 0 Å². The second kappa shape index (κ2) is 4.04. The van der Waals surface area contributed by atoms with Gasteiger partial charge in [0.15, 0.2) is 0 Å². The molecule has 0 spiro atoms. The molecule has 0 radical (unpaired) electrons. The Bertz CT molecular complexity index is 695. The van der Waals surface area contributed by atoms with Crippen molar-refractivity contribution in [3.8, 4) is 21.7 Å². The van der Waals surface area contributed by atoms with Crippen LogP contribution in [0.5, 0.6) is 0 Å². The van der Waals surface area contributed by atoms with Gasteiger partial charge in [0.25, 0.3) is 0 Å². The van der Waals surface area contributed by atoms with Crippen molar-refractivity contribution < 1.29 is 0 Å². The molecule has 1 atom stereocenters. The van der Waals surface area contributed by atoms with Crippen molar-refractivity contribution in [3.63, 3.8) is 0 Å². The van der Waals surface area contributed by atoms with Crippen molar-refractivity contribution in [2.75, 3.05) is 0 Å². The lowest BCUT2D eigenvalue weighted by Gasteiger charge is -2.15. The lowest BCUT2D eigenvalue weighted by molar-refractivity contribution is 0.931. The summed E-state index contributed by atoms with van der Waals surface area (Å²) in [5.74, 6) is 0.411. The molecule has 1 unspecified atom stereocenters. The summed E-state index contributed by atoms with van der Waals surface area (Å²) in [6, 6.07) is 17.3. The standard InChI is InChI=1S/C17H13NS/c1-11-12-6-2-4-8-14(12)16-17(19-10-18-16)15-9-5-3-7-13(11)15/h2-11H,1H3. The number of benzene rings is 2. The van der Waals surface area contributed by atoms with E-state index in [1.807, 2.05) is 5.51 Å². The minimum atomic E-state index is 0.411. The fourth-order valence-electron chi connectivity index (χ4n) is 2.97. The smallest absolute Gasteiger partial charge is 0.0893 e. The van der Waals surface area contributed by atoms with Crippen molar-refractivity contribution in [1.29, 1.82) is 0 Å². The average molecular weight is 263 g/mol. The first-order valence-electron chi connectivity index (χ1n) is 6.48. The van der Waals surface area contributed by atoms with Gasteiger partial charge < -0.3 is 0 Å². The molecule has 2 heteroatoms. The molecular formula is C17H13NS. The molecule has 4 rings (SSSR count). The second-order valence-corrected chi connectivity index (χ2v) is 5.78. The van der Waals surface area contributed by atoms with E-state index in [9.17, 15) is 0 Å². The summed E-state index contributed by atoms with van der Waals surface area (Å²) in [7, 11) is 0. The molecule has 3 aromatic rings. The zero-order valence-corrected chi connectivity index (χ0v) is 11.4. The molecule has 2 aromatic carbocycles. The molecular weight excluding hydrogens is 250 g/mol. The van der Waals surface area contributed by atoms with E-state index in [2.05, 4.69) is 60.4 Å². The van der Waals surface area contributed by atoms with E-state index >= 15 is 0 Å². The normalized spacial score (nSPS) is 16.2. The number of rotatable bonds is 0. The first-order valence-corrected chi connectivity index (χ1v) is 7.36. The summed E-state index contributed by atoms with van der Waals surface area (Å²) in [6.07, 6.45) is 0. The summed E-state index contributed by atoms with van der Waals surface area (Å²) in [5.41, 5.74) is 8.48. The maximum absolute atomic E-state index is 4.61. The minimum Gasteiger partial charge on any atom is -0.244 e. The van der Waals surface area contributed by atoms with Crippen LogP contribution in [0.2, 0.25) is 0 Å². The zero-order chi connectivity index (χ0) is 12.8. The molecule has 1 aliphatic rings. The Balaban J connectivity index is 2.15. The summed E-state index contributed by atoms with van der Waals surface area (Å²) in [6.45, 7) is 2.29. The maximum Gasteiger partial charge on any atom is 0.0893 e. The Morgan fingerprint density at radius 1 is 0.895 bits per heavy atom. The second-order valence-electron chi connectivity index (χ2n) is 4.93. The molecule has 19 heavy (non-hydrogen) atoms. The molecule has 1 aliphatic carbocycles. The van der Waals surface area contributed by atoms with Gasteiger partial charge in [-0.1, -0.05) is 55.5 Å². The number of thiazole rings is 1. The number of nitrogens with zero attached hydrogens (tertiary/aromatic N) is 1. The first kappa shape index (κ1) is 10.9. The summed E-state index contributed by atoms with van der Waals surface area (Å²) in [4.78, 5) is 5.91. The molecule has 0 bridgehead atoms. The van der Waals surface area contributed by atoms with E-state index in [0.717, 1.165) is 5.69 Å². The minimum absolute atomic E-state index is 0.411. The van der Waals surface area contributed by atoms with Gasteiger partial charge >= 0.3 is 0 Å². The first-order chi connectivity index (χ1) is 9.36. The largest absolute Gasteiger partial charge is 0.244 e. The van der Waals surface area contributed by atoms with Gasteiger partial charge in [-0.25, -0.2) is 4.98 Å². The Labute approximate surface area is 116 Å². The lowest BCUT2D eigenvalue weighted by atomic mass is 9.89. The Morgan fingerprint density at radius 3 is 2.32 bits per heavy atom. The molecule has 1 nitrogen and oxygen atoms in total. The summed E-state index contributed by atoms with van der Waals surface area (Å²) >= 11 is 1.74. The van der Waals surface area contributed by atoms with Crippen molar-refractivity contribution >= 4 is 11.3 Å². The van der Waals surface area contributed by atoms with E-state index in [-0.39, 0.29) is 0 Å². The van der Waals surface area contributed by atoms with Crippen LogP contribution < -0.4 is 0 Å². The Kier molecular flexibility index (Phi) is 2.32. The fraction of sp³-hybridized carbons (Fsp3) is 0.118. The molecule has 0 N–H and O–H groups in total. The average Bonchev–Trinajstić information content (AvgIpc) is 2.92. The van der Waals surface area contributed by atoms with Crippen LogP contribution in [0.4, 0.5) is 0 Å². The molecule has 1 aromatic heterocycles. The van der Waals surface area contributed by atoms with Gasteiger partial charge in [-0.15, -0.1) is 11.3 Å². The number of fused-ring (bicyclic) bond motifs is 5. The van der Waals surface area contributed by atoms with E-state index in [0.29, 0.717) is 5.92 Å². The highest BCUT2D eigenvalue weighted by molar-refractivity contribution is 7.13. The predicted octanol–water partition coefficient (Wildman–Crippen LogP) is 4.94. The van der Waals surface area contributed by atoms with Crippen LogP contribution in [-0.2, 0) is 0 Å². The Morgan fingerprint density at radius 2 is 1.53 bits per heavy atom. The zero-order valence-electron chi connectivity index (χ0n) is 10.6. The summed E-state index contributed by atoms with van der Waals surface area (Å²) in [5, 5.41) is 0. The highest BCUT2D eigenvalue weighted by Crippen LogP contribution is 2.46. The number of hydrogen-bond donors (Lipinski definition) is 0. The SMILES string of the molecule is CC1c2ccccc2-c2ncsc2-c2ccccc21. The van der Waals surface area contributed by atoms with Crippen LogP contribution in [0, 0.1) is 0 Å². The van der Waals surface area contributed by atoms with Gasteiger partial charge in [0.05, 0.1) is 16.1 Å². The summed E-state index contributed by atoms with van der Waals surface area (Å²) < 4.78 is 0. The Hall–Kier alpha value is -1.93. The third kappa shape index (κ3) is 1.50. The highest BCUT2D eigenvalue weighted by Gasteiger charge is 2.25. The van der Waals surface area contributed by atoms with Crippen molar-refractivity contribution in [1.82, 2.24) is 4.98 Å². The highest BCUT2D eigenvalue weighted by atomic mass is 32.1. The fourth-order valence-corrected chi connectivity index (χ4v) is 3.82. The van der Waals surface area contributed by atoms with Crippen LogP contribution in [0.15, 0.2) is 54.0 Å². The molecule has 0 amide bonds. The number of hydrogen-bond acceptors (Lipinski definition) is 2. The van der Waals surface area contributed by atoms with Crippen LogP contribution in [0.25, 0.3) is 21.7 Å². The monoisotopic (exact) mass is 263 g/mol. The van der Waals surface area contributed by atoms with Crippen LogP contribution >= 0.6 is 11.3 Å². The van der Waals surface area contributed by atoms with Crippen molar-refractivity contribution in [2.24, 2.45) is 0 Å². The van der Waals surface area contributed by atoms with Crippen LogP contribution in [0.3, 0.4) is 0 Å². The molecule has 92 valence electrons. The molecule has 1 heterocycles. The van der Waals surface area contributed by atoms with E-state index < -0.39 is 0 Å². The topological polar surface area (TPSA) is 12.9 Å². The maximum atomic E-state index is 4.61. The van der Waals surface area contributed by atoms with Gasteiger partial charge in [0.2, 0.25) is 0 Å². The molecule has 0 saturated carbocycles. The molecule has 0 fully saturated rings. The molecule has 0 saturated heterocycles. The van der Waals surface area contributed by atoms with Crippen molar-refractivity contribution in [2.45, 2.75) is 12.8 Å². The quantitative estimate of drug-likeness (QED) is 0.559. The van der Waals surface area contributed by atoms with Crippen molar-refractivity contribution in [3.05, 3.63) is 65.2 Å². The van der Waals surface area contributed by atoms with E-state index in [1.165, 1.54) is 27.1 Å². The molecule has 0 aliphatic heterocycles. The van der Waals surface area contributed by atoms with Gasteiger partial charge in [0.1, 0.15) is 0 Å². The number of aromatic nitrogens is 1. The van der Waals surface area contributed by atoms with E-state index in [4.69, 9.17) is 0 Å². The third-order valence-electron chi connectivity index (χ3n) is 3.92. The van der Waals surface area contributed by atoms with Gasteiger partial charge in [-0.2, -0.15) is 0 Å². The predicted molar refractivity (Wildman–Crippen MR) is 80.5 cm³/mol. The van der Waals surface area contributed by atoms with Gasteiger partial charge in [-0.05, 0) is 16.7 Å². The lowest BCUT2D eigenvalue weighted by Crippen LogP contribution is -1.97. The van der Waals surface area contributed by atoms with E-state index in [1.54, 1.807) is 11.3 Å². The van der Waals surface area contributed by atoms with Crippen LogP contribution in [0.1, 0.15) is 24.0 Å². The van der Waals surface area contributed by atoms with Crippen LogP contribution in [-0.4, -0.2) is 4.98 Å².